The molecule has 0 aromatic heterocycles. The molecule has 8 nitrogen and oxygen atoms in total. The van der Waals surface area contributed by atoms with Crippen molar-refractivity contribution in [2.75, 3.05) is 13.2 Å². The van der Waals surface area contributed by atoms with E-state index in [2.05, 4.69) is 5.32 Å². The normalized spacial score (nSPS) is 26.3. The third-order valence-corrected chi connectivity index (χ3v) is 4.07. The van der Waals surface area contributed by atoms with Crippen molar-refractivity contribution in [3.05, 3.63) is 35.9 Å². The number of benzene rings is 1. The Kier molecular flexibility index (Phi) is 3.96. The number of ether oxygens (including phenoxy) is 2. The molecule has 0 bridgehead atoms. The Hall–Kier alpha value is -2.90. The number of urea groups is 1. The van der Waals surface area contributed by atoms with Crippen LogP contribution in [0.15, 0.2) is 30.3 Å². The zero-order chi connectivity index (χ0) is 17.3. The molecule has 8 heteroatoms. The maximum Gasteiger partial charge on any atom is 0.347 e. The number of esters is 2. The predicted octanol–water partition coefficient (Wildman–Crippen LogP) is 0.312. The number of hydrogen-bond acceptors (Lipinski definition) is 6. The SMILES string of the molecule is C[C@@]1(c2ccccc2)NC(=O)N(CC(=O)O[C@H]2CCOC2=O)C1=O. The van der Waals surface area contributed by atoms with E-state index in [0.29, 0.717) is 5.56 Å². The number of amides is 3. The van der Waals surface area contributed by atoms with Crippen LogP contribution in [0.1, 0.15) is 18.9 Å². The Balaban J connectivity index is 1.70. The van der Waals surface area contributed by atoms with E-state index in [9.17, 15) is 19.2 Å². The monoisotopic (exact) mass is 332 g/mol. The van der Waals surface area contributed by atoms with Crippen molar-refractivity contribution in [3.63, 3.8) is 0 Å². The number of hydrogen-bond donors (Lipinski definition) is 1. The molecule has 0 saturated carbocycles. The van der Waals surface area contributed by atoms with E-state index in [0.717, 1.165) is 4.90 Å². The number of imide groups is 1. The Morgan fingerprint density at radius 1 is 1.33 bits per heavy atom. The Bertz CT molecular complexity index is 704. The molecule has 2 fully saturated rings. The first-order valence-electron chi connectivity index (χ1n) is 7.47. The molecule has 2 saturated heterocycles. The van der Waals surface area contributed by atoms with E-state index >= 15 is 0 Å². The van der Waals surface area contributed by atoms with Gasteiger partial charge in [-0.3, -0.25) is 14.5 Å². The number of carbonyl (C=O) groups excluding carboxylic acids is 4. The van der Waals surface area contributed by atoms with Gasteiger partial charge in [-0.15, -0.1) is 0 Å². The van der Waals surface area contributed by atoms with Crippen LogP contribution in [0.5, 0.6) is 0 Å². The minimum Gasteiger partial charge on any atom is -0.463 e. The van der Waals surface area contributed by atoms with Crippen molar-refractivity contribution in [2.24, 2.45) is 0 Å². The standard InChI is InChI=1S/C16H16N2O6/c1-16(10-5-3-2-4-6-10)14(21)18(15(22)17-16)9-12(19)24-11-7-8-23-13(11)20/h2-6,11H,7-9H2,1H3,(H,17,22)/t11-,16-/m0/s1. The van der Waals surface area contributed by atoms with Gasteiger partial charge < -0.3 is 14.8 Å². The van der Waals surface area contributed by atoms with Crippen molar-refractivity contribution in [3.8, 4) is 0 Å². The van der Waals surface area contributed by atoms with Gasteiger partial charge in [0.2, 0.25) is 6.10 Å². The van der Waals surface area contributed by atoms with Gasteiger partial charge in [0.05, 0.1) is 6.61 Å². The minimum atomic E-state index is -1.25. The van der Waals surface area contributed by atoms with E-state index in [-0.39, 0.29) is 13.0 Å². The highest BCUT2D eigenvalue weighted by Gasteiger charge is 2.49. The van der Waals surface area contributed by atoms with Crippen LogP contribution in [0.3, 0.4) is 0 Å². The van der Waals surface area contributed by atoms with Crippen LogP contribution >= 0.6 is 0 Å². The van der Waals surface area contributed by atoms with Crippen LogP contribution in [0, 0.1) is 0 Å². The third kappa shape index (κ3) is 2.70. The minimum absolute atomic E-state index is 0.186. The molecule has 2 aliphatic rings. The van der Waals surface area contributed by atoms with Crippen molar-refractivity contribution in [1.29, 1.82) is 0 Å². The molecule has 3 rings (SSSR count). The lowest BCUT2D eigenvalue weighted by molar-refractivity contribution is -0.161. The molecule has 3 amide bonds. The van der Waals surface area contributed by atoms with Crippen molar-refractivity contribution < 1.29 is 28.7 Å². The first-order valence-corrected chi connectivity index (χ1v) is 7.47. The van der Waals surface area contributed by atoms with E-state index in [4.69, 9.17) is 9.47 Å². The second-order valence-corrected chi connectivity index (χ2v) is 5.75. The first kappa shape index (κ1) is 16.0. The second kappa shape index (κ2) is 5.95. The van der Waals surface area contributed by atoms with Crippen LogP contribution in [-0.4, -0.2) is 48.0 Å². The van der Waals surface area contributed by atoms with Gasteiger partial charge in [-0.25, -0.2) is 9.59 Å². The smallest absolute Gasteiger partial charge is 0.347 e. The average Bonchev–Trinajstić information content (AvgIpc) is 3.05. The van der Waals surface area contributed by atoms with Gasteiger partial charge in [0.15, 0.2) is 0 Å². The topological polar surface area (TPSA) is 102 Å². The largest absolute Gasteiger partial charge is 0.463 e. The number of rotatable bonds is 4. The summed E-state index contributed by atoms with van der Waals surface area (Å²) in [5.74, 6) is -2.00. The van der Waals surface area contributed by atoms with Crippen LogP contribution < -0.4 is 5.32 Å². The van der Waals surface area contributed by atoms with E-state index in [1.807, 2.05) is 0 Å². The maximum atomic E-state index is 12.6. The summed E-state index contributed by atoms with van der Waals surface area (Å²) in [7, 11) is 0. The van der Waals surface area contributed by atoms with Crippen molar-refractivity contribution >= 4 is 23.9 Å². The summed E-state index contributed by atoms with van der Waals surface area (Å²) < 4.78 is 9.66. The summed E-state index contributed by atoms with van der Waals surface area (Å²) in [6.07, 6.45) is -0.703. The lowest BCUT2D eigenvalue weighted by Crippen LogP contribution is -2.42. The molecule has 2 aliphatic heterocycles. The van der Waals surface area contributed by atoms with Crippen LogP contribution in [0.2, 0.25) is 0 Å². The molecule has 1 aromatic rings. The molecule has 1 aromatic carbocycles. The molecule has 24 heavy (non-hydrogen) atoms. The lowest BCUT2D eigenvalue weighted by Gasteiger charge is -2.22. The molecule has 0 unspecified atom stereocenters. The molecule has 0 spiro atoms. The van der Waals surface area contributed by atoms with Gasteiger partial charge in [-0.05, 0) is 12.5 Å². The van der Waals surface area contributed by atoms with Crippen molar-refractivity contribution in [1.82, 2.24) is 10.2 Å². The molecule has 126 valence electrons. The second-order valence-electron chi connectivity index (χ2n) is 5.75. The van der Waals surface area contributed by atoms with Gasteiger partial charge >= 0.3 is 18.0 Å². The highest BCUT2D eigenvalue weighted by Crippen LogP contribution is 2.28. The van der Waals surface area contributed by atoms with Crippen molar-refractivity contribution in [2.45, 2.75) is 25.0 Å². The van der Waals surface area contributed by atoms with E-state index in [1.165, 1.54) is 0 Å². The maximum absolute atomic E-state index is 12.6. The fourth-order valence-corrected chi connectivity index (χ4v) is 2.72. The quantitative estimate of drug-likeness (QED) is 0.629. The predicted molar refractivity (Wildman–Crippen MR) is 79.5 cm³/mol. The summed E-state index contributed by atoms with van der Waals surface area (Å²) in [6.45, 7) is 1.20. The Morgan fingerprint density at radius 2 is 2.04 bits per heavy atom. The highest BCUT2D eigenvalue weighted by molar-refractivity contribution is 6.08. The molecular weight excluding hydrogens is 316 g/mol. The summed E-state index contributed by atoms with van der Waals surface area (Å²) in [4.78, 5) is 48.8. The van der Waals surface area contributed by atoms with Gasteiger partial charge in [-0.1, -0.05) is 30.3 Å². The number of carbonyl (C=O) groups is 4. The number of cyclic esters (lactones) is 1. The van der Waals surface area contributed by atoms with Crippen LogP contribution in [-0.2, 0) is 29.4 Å². The third-order valence-electron chi connectivity index (χ3n) is 4.07. The summed E-state index contributed by atoms with van der Waals surface area (Å²) in [6, 6.07) is 8.05. The number of nitrogens with one attached hydrogen (secondary N) is 1. The fourth-order valence-electron chi connectivity index (χ4n) is 2.72. The summed E-state index contributed by atoms with van der Waals surface area (Å²) in [5, 5.41) is 2.59. The molecule has 0 radical (unpaired) electrons. The highest BCUT2D eigenvalue weighted by atomic mass is 16.6. The molecule has 2 heterocycles. The van der Waals surface area contributed by atoms with Gasteiger partial charge in [-0.2, -0.15) is 0 Å². The number of nitrogens with zero attached hydrogens (tertiary/aromatic N) is 1. The molecule has 1 N–H and O–H groups in total. The Morgan fingerprint density at radius 3 is 2.67 bits per heavy atom. The summed E-state index contributed by atoms with van der Waals surface area (Å²) >= 11 is 0. The average molecular weight is 332 g/mol. The fraction of sp³-hybridized carbons (Fsp3) is 0.375. The Labute approximate surface area is 137 Å². The van der Waals surface area contributed by atoms with Crippen LogP contribution in [0.25, 0.3) is 0 Å². The van der Waals surface area contributed by atoms with E-state index < -0.39 is 42.1 Å². The lowest BCUT2D eigenvalue weighted by atomic mass is 9.92. The summed E-state index contributed by atoms with van der Waals surface area (Å²) in [5.41, 5.74) is -0.635. The molecule has 2 atom stereocenters. The first-order chi connectivity index (χ1) is 11.4. The molecule has 0 aliphatic carbocycles. The zero-order valence-electron chi connectivity index (χ0n) is 13.0. The van der Waals surface area contributed by atoms with Gasteiger partial charge in [0.25, 0.3) is 5.91 Å². The van der Waals surface area contributed by atoms with Gasteiger partial charge in [0, 0.05) is 6.42 Å². The molecular formula is C16H16N2O6. The van der Waals surface area contributed by atoms with E-state index in [1.54, 1.807) is 37.3 Å². The van der Waals surface area contributed by atoms with Gasteiger partial charge in [0.1, 0.15) is 12.1 Å². The van der Waals surface area contributed by atoms with Crippen LogP contribution in [0.4, 0.5) is 4.79 Å². The zero-order valence-corrected chi connectivity index (χ0v) is 13.0.